The Hall–Kier alpha value is -6.20. The van der Waals surface area contributed by atoms with Gasteiger partial charge in [-0.3, -0.25) is 19.2 Å². The lowest BCUT2D eigenvalue weighted by Crippen LogP contribution is -2.60. The van der Waals surface area contributed by atoms with Gasteiger partial charge in [0.05, 0.1) is 13.2 Å². The Bertz CT molecular complexity index is 1960. The predicted octanol–water partition coefficient (Wildman–Crippen LogP) is 2.84. The monoisotopic (exact) mass is 839 g/mol. The third-order valence-corrected chi connectivity index (χ3v) is 12.8. The third kappa shape index (κ3) is 8.57. The van der Waals surface area contributed by atoms with Crippen molar-refractivity contribution < 1.29 is 48.5 Å². The number of carbonyl (C=O) groups excluding carboxylic acids is 4. The molecule has 0 aromatic heterocycles. The van der Waals surface area contributed by atoms with Crippen molar-refractivity contribution in [3.05, 3.63) is 101 Å². The number of carbonyl (C=O) groups is 6. The summed E-state index contributed by atoms with van der Waals surface area (Å²) in [5, 5.41) is 23.9. The zero-order valence-corrected chi connectivity index (χ0v) is 33.9. The number of nitrogens with two attached hydrogens (primary N) is 2. The van der Waals surface area contributed by atoms with Crippen LogP contribution in [0.3, 0.4) is 0 Å². The second kappa shape index (κ2) is 18.2. The van der Waals surface area contributed by atoms with Gasteiger partial charge in [-0.25, -0.2) is 9.59 Å². The predicted molar refractivity (Wildman–Crippen MR) is 221 cm³/mol. The van der Waals surface area contributed by atoms with E-state index in [2.05, 4.69) is 15.5 Å². The number of anilines is 1. The first kappa shape index (κ1) is 42.9. The largest absolute Gasteiger partial charge is 0.465 e. The van der Waals surface area contributed by atoms with Crippen LogP contribution in [-0.4, -0.2) is 107 Å². The highest BCUT2D eigenvalue weighted by atomic mass is 16.5. The molecule has 0 aliphatic carbocycles. The van der Waals surface area contributed by atoms with Crippen molar-refractivity contribution in [1.29, 1.82) is 0 Å². The van der Waals surface area contributed by atoms with E-state index in [0.29, 0.717) is 76.0 Å². The first-order valence-corrected chi connectivity index (χ1v) is 20.7. The van der Waals surface area contributed by atoms with E-state index in [1.165, 1.54) is 9.80 Å². The van der Waals surface area contributed by atoms with Gasteiger partial charge < -0.3 is 56.5 Å². The highest BCUT2D eigenvalue weighted by Crippen LogP contribution is 2.42. The number of likely N-dealkylation sites (tertiary alicyclic amines) is 2. The lowest BCUT2D eigenvalue weighted by Gasteiger charge is -2.39. The SMILES string of the molecule is NC(=O)[C@@]1(c2ccc(CN(Cc3ccc([C@]4(C(N)=O)CCCN4C(=O)[C@@H](NC(=O)O)[C@H]4CCOC4)cc3)c3ccccc3)cc2)CCCN1C(=O)[C@@H](NC(=O)O)[C@H]1CCOC1. The second-order valence-corrected chi connectivity index (χ2v) is 16.3. The summed E-state index contributed by atoms with van der Waals surface area (Å²) >= 11 is 0. The van der Waals surface area contributed by atoms with Crippen molar-refractivity contribution >= 4 is 41.5 Å². The fraction of sp³-hybridized carbons (Fsp3) is 0.455. The van der Waals surface area contributed by atoms with Crippen LogP contribution in [0.4, 0.5) is 15.3 Å². The van der Waals surface area contributed by atoms with Gasteiger partial charge in [0.15, 0.2) is 0 Å². The second-order valence-electron chi connectivity index (χ2n) is 16.3. The fourth-order valence-corrected chi connectivity index (χ4v) is 9.72. The van der Waals surface area contributed by atoms with E-state index in [0.717, 1.165) is 16.8 Å². The van der Waals surface area contributed by atoms with Crippen LogP contribution >= 0.6 is 0 Å². The normalized spacial score (nSPS) is 24.5. The summed E-state index contributed by atoms with van der Waals surface area (Å²) in [5.74, 6) is -3.15. The van der Waals surface area contributed by atoms with Gasteiger partial charge in [-0.2, -0.15) is 0 Å². The standard InChI is InChI=1S/C44H53N7O10/c45-39(54)43(18-4-20-50(43)37(52)35(47-41(56)57)30-16-22-60-26-30)32-12-8-28(9-13-32)24-49(34-6-2-1-3-7-34)25-29-10-14-33(15-11-29)44(40(46)55)19-5-21-51(44)38(53)36(48-42(58)59)31-17-23-61-27-31/h1-3,6-15,30-31,35-36,47-48H,4-5,16-27H2,(H2,45,54)(H2,46,55)(H,56,57)(H,58,59)/t30-,31-,35-,36-,43-,44-/m0/s1. The number of nitrogens with one attached hydrogen (secondary N) is 2. The molecule has 324 valence electrons. The Morgan fingerprint density at radius 1 is 0.656 bits per heavy atom. The molecule has 6 amide bonds. The molecule has 8 N–H and O–H groups in total. The molecule has 0 unspecified atom stereocenters. The molecule has 17 nitrogen and oxygen atoms in total. The zero-order chi connectivity index (χ0) is 43.3. The number of hydrogen-bond donors (Lipinski definition) is 6. The summed E-state index contributed by atoms with van der Waals surface area (Å²) in [6.07, 6.45) is -0.0762. The summed E-state index contributed by atoms with van der Waals surface area (Å²) in [4.78, 5) is 83.4. The van der Waals surface area contributed by atoms with Gasteiger partial charge in [-0.05, 0) is 72.9 Å². The minimum Gasteiger partial charge on any atom is -0.465 e. The molecule has 4 heterocycles. The molecule has 4 aliphatic rings. The van der Waals surface area contributed by atoms with Crippen molar-refractivity contribution in [2.45, 2.75) is 74.8 Å². The lowest BCUT2D eigenvalue weighted by molar-refractivity contribution is -0.146. The Kier molecular flexibility index (Phi) is 12.8. The van der Waals surface area contributed by atoms with Gasteiger partial charge in [0.1, 0.15) is 23.2 Å². The van der Waals surface area contributed by atoms with Crippen LogP contribution in [0.5, 0.6) is 0 Å². The molecule has 3 aromatic carbocycles. The molecular weight excluding hydrogens is 787 g/mol. The molecule has 4 aliphatic heterocycles. The van der Waals surface area contributed by atoms with Crippen molar-refractivity contribution in [3.63, 3.8) is 0 Å². The van der Waals surface area contributed by atoms with Crippen LogP contribution in [0.2, 0.25) is 0 Å². The molecule has 0 radical (unpaired) electrons. The zero-order valence-electron chi connectivity index (χ0n) is 33.9. The number of nitrogens with zero attached hydrogens (tertiary/aromatic N) is 3. The van der Waals surface area contributed by atoms with E-state index in [1.807, 2.05) is 54.6 Å². The summed E-state index contributed by atoms with van der Waals surface area (Å²) in [7, 11) is 0. The van der Waals surface area contributed by atoms with Crippen LogP contribution in [0.25, 0.3) is 0 Å². The number of para-hydroxylation sites is 1. The lowest BCUT2D eigenvalue weighted by atomic mass is 9.84. The maximum atomic E-state index is 14.1. The Morgan fingerprint density at radius 2 is 1.07 bits per heavy atom. The minimum atomic E-state index is -1.46. The first-order valence-electron chi connectivity index (χ1n) is 20.7. The summed E-state index contributed by atoms with van der Waals surface area (Å²) in [6.45, 7) is 2.64. The average Bonchev–Trinajstić information content (AvgIpc) is 4.10. The van der Waals surface area contributed by atoms with E-state index in [9.17, 15) is 39.0 Å². The van der Waals surface area contributed by atoms with Gasteiger partial charge in [-0.15, -0.1) is 0 Å². The fourth-order valence-electron chi connectivity index (χ4n) is 9.72. The quantitative estimate of drug-likeness (QED) is 0.130. The van der Waals surface area contributed by atoms with Crippen molar-refractivity contribution in [2.24, 2.45) is 23.3 Å². The Labute approximate surface area is 353 Å². The van der Waals surface area contributed by atoms with Crippen LogP contribution in [0.1, 0.15) is 60.8 Å². The summed E-state index contributed by atoms with van der Waals surface area (Å²) < 4.78 is 10.9. The van der Waals surface area contributed by atoms with E-state index in [-0.39, 0.29) is 38.1 Å². The van der Waals surface area contributed by atoms with Gasteiger partial charge in [0.2, 0.25) is 23.6 Å². The Morgan fingerprint density at radius 3 is 1.41 bits per heavy atom. The molecule has 4 fully saturated rings. The third-order valence-electron chi connectivity index (χ3n) is 12.8. The topological polar surface area (TPSA) is 247 Å². The number of carboxylic acid groups (broad SMARTS) is 2. The average molecular weight is 840 g/mol. The van der Waals surface area contributed by atoms with Crippen molar-refractivity contribution in [3.8, 4) is 0 Å². The maximum Gasteiger partial charge on any atom is 0.405 e. The van der Waals surface area contributed by atoms with E-state index in [4.69, 9.17) is 20.9 Å². The Balaban J connectivity index is 1.12. The molecular formula is C44H53N7O10. The number of hydrogen-bond acceptors (Lipinski definition) is 9. The molecule has 6 atom stereocenters. The molecule has 17 heteroatoms. The van der Waals surface area contributed by atoms with Crippen LogP contribution in [0.15, 0.2) is 78.9 Å². The van der Waals surface area contributed by atoms with Crippen LogP contribution < -0.4 is 27.0 Å². The number of ether oxygens (including phenoxy) is 2. The first-order chi connectivity index (χ1) is 29.3. The van der Waals surface area contributed by atoms with Gasteiger partial charge in [0, 0.05) is 56.9 Å². The number of rotatable bonds is 15. The van der Waals surface area contributed by atoms with Gasteiger partial charge >= 0.3 is 12.2 Å². The van der Waals surface area contributed by atoms with Crippen molar-refractivity contribution in [2.75, 3.05) is 44.4 Å². The minimum absolute atomic E-state index is 0.226. The number of amides is 6. The summed E-state index contributed by atoms with van der Waals surface area (Å²) in [6, 6.07) is 22.4. The van der Waals surface area contributed by atoms with E-state index >= 15 is 0 Å². The molecule has 0 bridgehead atoms. The van der Waals surface area contributed by atoms with E-state index in [1.54, 1.807) is 24.3 Å². The number of primary amides is 2. The van der Waals surface area contributed by atoms with Crippen LogP contribution in [-0.2, 0) is 52.8 Å². The molecule has 7 rings (SSSR count). The molecule has 0 spiro atoms. The summed E-state index contributed by atoms with van der Waals surface area (Å²) in [5.41, 5.74) is 13.1. The highest BCUT2D eigenvalue weighted by Gasteiger charge is 2.54. The molecule has 4 saturated heterocycles. The molecule has 0 saturated carbocycles. The van der Waals surface area contributed by atoms with Gasteiger partial charge in [0.25, 0.3) is 0 Å². The highest BCUT2D eigenvalue weighted by molar-refractivity contribution is 5.96. The number of benzene rings is 3. The molecule has 61 heavy (non-hydrogen) atoms. The van der Waals surface area contributed by atoms with Crippen LogP contribution in [0, 0.1) is 11.8 Å². The van der Waals surface area contributed by atoms with Gasteiger partial charge in [-0.1, -0.05) is 66.7 Å². The smallest absolute Gasteiger partial charge is 0.405 e. The van der Waals surface area contributed by atoms with Crippen molar-refractivity contribution in [1.82, 2.24) is 20.4 Å². The van der Waals surface area contributed by atoms with E-state index < -0.39 is 59.0 Å². The molecule has 3 aromatic rings. The maximum absolute atomic E-state index is 14.1.